The minimum absolute atomic E-state index is 0.00926. The minimum atomic E-state index is -0.412. The molecule has 0 saturated carbocycles. The van der Waals surface area contributed by atoms with Crippen molar-refractivity contribution in [2.24, 2.45) is 5.73 Å². The number of rotatable bonds is 3. The van der Waals surface area contributed by atoms with Crippen molar-refractivity contribution < 1.29 is 9.21 Å². The monoisotopic (exact) mass is 217 g/mol. The molecule has 0 radical (unpaired) electrons. The third-order valence-corrected chi connectivity index (χ3v) is 2.83. The molecule has 1 atom stereocenters. The Morgan fingerprint density at radius 3 is 2.94 bits per heavy atom. The molecule has 0 fully saturated rings. The van der Waals surface area contributed by atoms with E-state index in [-0.39, 0.29) is 5.78 Å². The molecule has 0 saturated heterocycles. The summed E-state index contributed by atoms with van der Waals surface area (Å²) in [5.74, 6) is -0.00926. The average molecular weight is 217 g/mol. The van der Waals surface area contributed by atoms with Crippen molar-refractivity contribution in [1.82, 2.24) is 0 Å². The summed E-state index contributed by atoms with van der Waals surface area (Å²) < 4.78 is 5.33. The second kappa shape index (κ2) is 4.10. The number of fused-ring (bicyclic) bond motifs is 1. The van der Waals surface area contributed by atoms with Gasteiger partial charge in [-0.25, -0.2) is 0 Å². The van der Waals surface area contributed by atoms with E-state index in [4.69, 9.17) is 10.2 Å². The van der Waals surface area contributed by atoms with Crippen molar-refractivity contribution in [2.45, 2.75) is 26.3 Å². The Morgan fingerprint density at radius 2 is 2.25 bits per heavy atom. The second-order valence-corrected chi connectivity index (χ2v) is 4.01. The third kappa shape index (κ3) is 1.74. The molecular weight excluding hydrogens is 202 g/mol. The molecule has 3 nitrogen and oxygen atoms in total. The summed E-state index contributed by atoms with van der Waals surface area (Å²) >= 11 is 0. The van der Waals surface area contributed by atoms with Gasteiger partial charge < -0.3 is 10.2 Å². The third-order valence-electron chi connectivity index (χ3n) is 2.83. The summed E-state index contributed by atoms with van der Waals surface area (Å²) in [6.07, 6.45) is 2.35. The Bertz CT molecular complexity index is 528. The molecule has 1 heterocycles. The maximum absolute atomic E-state index is 11.9. The zero-order chi connectivity index (χ0) is 11.7. The molecule has 0 bridgehead atoms. The van der Waals surface area contributed by atoms with Crippen LogP contribution in [0.5, 0.6) is 0 Å². The zero-order valence-electron chi connectivity index (χ0n) is 9.49. The molecule has 3 heteroatoms. The number of carbonyl (C=O) groups is 1. The minimum Gasteiger partial charge on any atom is -0.464 e. The van der Waals surface area contributed by atoms with Crippen LogP contribution in [0.15, 0.2) is 28.9 Å². The van der Waals surface area contributed by atoms with Crippen LogP contribution in [0.25, 0.3) is 11.0 Å². The fourth-order valence-corrected chi connectivity index (χ4v) is 1.71. The van der Waals surface area contributed by atoms with E-state index in [2.05, 4.69) is 0 Å². The van der Waals surface area contributed by atoms with Gasteiger partial charge in [-0.1, -0.05) is 6.92 Å². The van der Waals surface area contributed by atoms with Crippen LogP contribution in [0.4, 0.5) is 0 Å². The number of Topliss-reactive ketones (excluding diaryl/α,β-unsaturated/α-hetero) is 1. The van der Waals surface area contributed by atoms with Gasteiger partial charge in [-0.2, -0.15) is 0 Å². The normalized spacial score (nSPS) is 12.9. The summed E-state index contributed by atoms with van der Waals surface area (Å²) in [4.78, 5) is 11.9. The van der Waals surface area contributed by atoms with Crippen molar-refractivity contribution in [2.75, 3.05) is 0 Å². The van der Waals surface area contributed by atoms with Crippen LogP contribution in [0.3, 0.4) is 0 Å². The smallest absolute Gasteiger partial charge is 0.179 e. The van der Waals surface area contributed by atoms with Gasteiger partial charge in [0.25, 0.3) is 0 Å². The van der Waals surface area contributed by atoms with E-state index in [9.17, 15) is 4.79 Å². The molecule has 0 spiro atoms. The Balaban J connectivity index is 2.46. The maximum atomic E-state index is 11.9. The molecule has 2 rings (SSSR count). The van der Waals surface area contributed by atoms with E-state index in [1.807, 2.05) is 26.0 Å². The van der Waals surface area contributed by atoms with Crippen LogP contribution in [-0.4, -0.2) is 11.8 Å². The Kier molecular flexibility index (Phi) is 2.79. The highest BCUT2D eigenvalue weighted by atomic mass is 16.3. The van der Waals surface area contributed by atoms with E-state index in [0.717, 1.165) is 16.5 Å². The van der Waals surface area contributed by atoms with E-state index < -0.39 is 6.04 Å². The topological polar surface area (TPSA) is 56.2 Å². The van der Waals surface area contributed by atoms with Crippen LogP contribution in [0, 0.1) is 6.92 Å². The predicted molar refractivity (Wildman–Crippen MR) is 63.5 cm³/mol. The Labute approximate surface area is 94.2 Å². The first-order valence-electron chi connectivity index (χ1n) is 5.41. The fraction of sp³-hybridized carbons (Fsp3) is 0.308. The highest BCUT2D eigenvalue weighted by Crippen LogP contribution is 2.22. The van der Waals surface area contributed by atoms with E-state index in [0.29, 0.717) is 12.0 Å². The molecule has 0 aliphatic carbocycles. The quantitative estimate of drug-likeness (QED) is 0.804. The average Bonchev–Trinajstić information content (AvgIpc) is 2.68. The molecule has 1 aromatic heterocycles. The molecule has 0 amide bonds. The standard InChI is InChI=1S/C13H15NO2/c1-3-11(14)13(15)9-4-5-12-10(6-9)8(2)7-16-12/h4-7,11H,3,14H2,1-2H3. The van der Waals surface area contributed by atoms with E-state index in [1.54, 1.807) is 12.3 Å². The van der Waals surface area contributed by atoms with E-state index in [1.165, 1.54) is 0 Å². The first kappa shape index (κ1) is 10.9. The lowest BCUT2D eigenvalue weighted by molar-refractivity contribution is 0.0959. The Hall–Kier alpha value is -1.61. The molecule has 1 unspecified atom stereocenters. The van der Waals surface area contributed by atoms with Crippen LogP contribution >= 0.6 is 0 Å². The highest BCUT2D eigenvalue weighted by Gasteiger charge is 2.14. The number of hydrogen-bond donors (Lipinski definition) is 1. The van der Waals surface area contributed by atoms with Gasteiger partial charge in [0.2, 0.25) is 0 Å². The number of hydrogen-bond acceptors (Lipinski definition) is 3. The first-order valence-corrected chi connectivity index (χ1v) is 5.41. The van der Waals surface area contributed by atoms with Gasteiger partial charge >= 0.3 is 0 Å². The molecule has 16 heavy (non-hydrogen) atoms. The van der Waals surface area contributed by atoms with Crippen molar-refractivity contribution in [3.8, 4) is 0 Å². The molecule has 2 aromatic rings. The molecule has 0 aliphatic heterocycles. The SMILES string of the molecule is CCC(N)C(=O)c1ccc2occ(C)c2c1. The van der Waals surface area contributed by atoms with Crippen LogP contribution in [0.2, 0.25) is 0 Å². The first-order chi connectivity index (χ1) is 7.63. The molecule has 84 valence electrons. The lowest BCUT2D eigenvalue weighted by Crippen LogP contribution is -2.29. The predicted octanol–water partition coefficient (Wildman–Crippen LogP) is 2.66. The van der Waals surface area contributed by atoms with Crippen LogP contribution < -0.4 is 5.73 Å². The highest BCUT2D eigenvalue weighted by molar-refractivity contribution is 6.02. The summed E-state index contributed by atoms with van der Waals surface area (Å²) in [6.45, 7) is 3.87. The summed E-state index contributed by atoms with van der Waals surface area (Å²) in [6, 6.07) is 5.03. The number of carbonyl (C=O) groups excluding carboxylic acids is 1. The number of benzene rings is 1. The molecule has 0 aliphatic rings. The van der Waals surface area contributed by atoms with Gasteiger partial charge in [-0.05, 0) is 37.1 Å². The molecule has 1 aromatic carbocycles. The van der Waals surface area contributed by atoms with Crippen molar-refractivity contribution in [3.05, 3.63) is 35.6 Å². The summed E-state index contributed by atoms with van der Waals surface area (Å²) in [7, 11) is 0. The van der Waals surface area contributed by atoms with Crippen LogP contribution in [-0.2, 0) is 0 Å². The fourth-order valence-electron chi connectivity index (χ4n) is 1.71. The summed E-state index contributed by atoms with van der Waals surface area (Å²) in [5.41, 5.74) is 8.23. The van der Waals surface area contributed by atoms with Crippen molar-refractivity contribution in [3.63, 3.8) is 0 Å². The van der Waals surface area contributed by atoms with Gasteiger partial charge in [-0.3, -0.25) is 4.79 Å². The number of nitrogens with two attached hydrogens (primary N) is 1. The largest absolute Gasteiger partial charge is 0.464 e. The number of furan rings is 1. The van der Waals surface area contributed by atoms with Gasteiger partial charge in [0, 0.05) is 10.9 Å². The van der Waals surface area contributed by atoms with Gasteiger partial charge in [-0.15, -0.1) is 0 Å². The van der Waals surface area contributed by atoms with Crippen LogP contribution in [0.1, 0.15) is 29.3 Å². The van der Waals surface area contributed by atoms with E-state index >= 15 is 0 Å². The summed E-state index contributed by atoms with van der Waals surface area (Å²) in [5, 5.41) is 0.981. The van der Waals surface area contributed by atoms with Crippen molar-refractivity contribution in [1.29, 1.82) is 0 Å². The lowest BCUT2D eigenvalue weighted by Gasteiger charge is -2.07. The zero-order valence-corrected chi connectivity index (χ0v) is 9.49. The van der Waals surface area contributed by atoms with Gasteiger partial charge in [0.05, 0.1) is 12.3 Å². The Morgan fingerprint density at radius 1 is 1.50 bits per heavy atom. The second-order valence-electron chi connectivity index (χ2n) is 4.01. The lowest BCUT2D eigenvalue weighted by atomic mass is 10.0. The van der Waals surface area contributed by atoms with Gasteiger partial charge in [0.1, 0.15) is 5.58 Å². The van der Waals surface area contributed by atoms with Crippen molar-refractivity contribution >= 4 is 16.8 Å². The number of ketones is 1. The number of aryl methyl sites for hydroxylation is 1. The molecular formula is C13H15NO2. The molecule has 2 N–H and O–H groups in total. The van der Waals surface area contributed by atoms with Gasteiger partial charge in [0.15, 0.2) is 5.78 Å². The maximum Gasteiger partial charge on any atom is 0.179 e.